The molecule has 8 heteroatoms. The van der Waals surface area contributed by atoms with E-state index in [1.54, 1.807) is 23.4 Å². The monoisotopic (exact) mass is 423 g/mol. The fourth-order valence-corrected chi connectivity index (χ4v) is 3.46. The van der Waals surface area contributed by atoms with Gasteiger partial charge in [0.2, 0.25) is 0 Å². The molecule has 0 atom stereocenters. The molecule has 0 spiro atoms. The van der Waals surface area contributed by atoms with E-state index >= 15 is 0 Å². The molecular weight excluding hydrogens is 402 g/mol. The van der Waals surface area contributed by atoms with Crippen LogP contribution in [0.3, 0.4) is 0 Å². The lowest BCUT2D eigenvalue weighted by Gasteiger charge is -2.34. The average Bonchev–Trinajstić information content (AvgIpc) is 2.77. The summed E-state index contributed by atoms with van der Waals surface area (Å²) in [5, 5.41) is 3.36. The van der Waals surface area contributed by atoms with E-state index in [1.807, 2.05) is 36.4 Å². The molecular formula is C22H22ClN5O2. The Morgan fingerprint density at radius 3 is 2.67 bits per heavy atom. The van der Waals surface area contributed by atoms with Gasteiger partial charge in [-0.15, -0.1) is 0 Å². The van der Waals surface area contributed by atoms with Crippen LogP contribution in [0.25, 0.3) is 0 Å². The molecule has 2 heterocycles. The number of carbonyl (C=O) groups is 1. The number of piperazine rings is 1. The lowest BCUT2D eigenvalue weighted by molar-refractivity contribution is 0.143. The maximum absolute atomic E-state index is 12.4. The molecule has 30 heavy (non-hydrogen) atoms. The minimum absolute atomic E-state index is 0.148. The number of hydrogen-bond acceptors (Lipinski definition) is 5. The highest BCUT2D eigenvalue weighted by molar-refractivity contribution is 6.32. The maximum atomic E-state index is 12.4. The number of benzene rings is 2. The number of amides is 2. The summed E-state index contributed by atoms with van der Waals surface area (Å²) in [7, 11) is 0. The molecule has 0 unspecified atom stereocenters. The van der Waals surface area contributed by atoms with Crippen LogP contribution < -0.4 is 10.1 Å². The van der Waals surface area contributed by atoms with E-state index in [0.29, 0.717) is 29.7 Å². The Kier molecular flexibility index (Phi) is 6.41. The number of carbonyl (C=O) groups excluding carboxylic acids is 1. The van der Waals surface area contributed by atoms with Gasteiger partial charge in [0.05, 0.1) is 11.2 Å². The van der Waals surface area contributed by atoms with Crippen molar-refractivity contribution >= 4 is 23.4 Å². The van der Waals surface area contributed by atoms with Gasteiger partial charge in [0.1, 0.15) is 11.5 Å². The van der Waals surface area contributed by atoms with E-state index in [4.69, 9.17) is 16.3 Å². The van der Waals surface area contributed by atoms with Crippen molar-refractivity contribution in [3.05, 3.63) is 77.7 Å². The molecule has 1 aliphatic heterocycles. The Morgan fingerprint density at radius 1 is 1.07 bits per heavy atom. The fraction of sp³-hybridized carbons (Fsp3) is 0.227. The second kappa shape index (κ2) is 9.56. The van der Waals surface area contributed by atoms with Crippen LogP contribution in [0.1, 0.15) is 5.56 Å². The van der Waals surface area contributed by atoms with Crippen molar-refractivity contribution in [1.82, 2.24) is 19.8 Å². The quantitative estimate of drug-likeness (QED) is 0.663. The third-order valence-electron chi connectivity index (χ3n) is 4.83. The summed E-state index contributed by atoms with van der Waals surface area (Å²) in [6.45, 7) is 3.69. The van der Waals surface area contributed by atoms with E-state index in [2.05, 4.69) is 26.3 Å². The van der Waals surface area contributed by atoms with Gasteiger partial charge in [0.15, 0.2) is 5.82 Å². The van der Waals surface area contributed by atoms with Gasteiger partial charge in [-0.25, -0.2) is 9.78 Å². The van der Waals surface area contributed by atoms with Gasteiger partial charge in [-0.2, -0.15) is 0 Å². The zero-order chi connectivity index (χ0) is 20.8. The first-order valence-electron chi connectivity index (χ1n) is 9.73. The molecule has 1 N–H and O–H groups in total. The number of ether oxygens (including phenoxy) is 1. The Balaban J connectivity index is 1.30. The van der Waals surface area contributed by atoms with Gasteiger partial charge in [-0.05, 0) is 29.8 Å². The number of aromatic nitrogens is 2. The van der Waals surface area contributed by atoms with Crippen molar-refractivity contribution in [3.8, 4) is 11.5 Å². The largest absolute Gasteiger partial charge is 0.456 e. The molecule has 0 aliphatic carbocycles. The van der Waals surface area contributed by atoms with Crippen LogP contribution >= 0.6 is 11.6 Å². The molecule has 4 rings (SSSR count). The first-order valence-corrected chi connectivity index (χ1v) is 10.1. The van der Waals surface area contributed by atoms with Crippen LogP contribution in [-0.2, 0) is 6.54 Å². The molecule has 0 radical (unpaired) electrons. The van der Waals surface area contributed by atoms with Crippen molar-refractivity contribution < 1.29 is 9.53 Å². The Morgan fingerprint density at radius 2 is 1.90 bits per heavy atom. The Hall–Kier alpha value is -3.16. The lowest BCUT2D eigenvalue weighted by Crippen LogP contribution is -2.49. The number of halogens is 1. The molecule has 1 saturated heterocycles. The molecule has 1 fully saturated rings. The van der Waals surface area contributed by atoms with Crippen LogP contribution in [0.4, 0.5) is 10.6 Å². The Bertz CT molecular complexity index is 994. The highest BCUT2D eigenvalue weighted by Crippen LogP contribution is 2.29. The molecule has 1 aliphatic rings. The van der Waals surface area contributed by atoms with Crippen molar-refractivity contribution in [2.75, 3.05) is 31.5 Å². The number of urea groups is 1. The highest BCUT2D eigenvalue weighted by atomic mass is 35.5. The molecule has 3 aromatic rings. The third kappa shape index (κ3) is 5.25. The zero-order valence-electron chi connectivity index (χ0n) is 16.4. The van der Waals surface area contributed by atoms with Crippen LogP contribution in [0, 0.1) is 0 Å². The smallest absolute Gasteiger partial charge is 0.323 e. The van der Waals surface area contributed by atoms with Gasteiger partial charge in [-0.3, -0.25) is 15.2 Å². The van der Waals surface area contributed by atoms with Gasteiger partial charge in [0.25, 0.3) is 0 Å². The van der Waals surface area contributed by atoms with E-state index in [0.717, 1.165) is 30.9 Å². The zero-order valence-corrected chi connectivity index (χ0v) is 17.1. The molecule has 2 aromatic carbocycles. The fourth-order valence-electron chi connectivity index (χ4n) is 3.28. The second-order valence-electron chi connectivity index (χ2n) is 6.96. The Labute approximate surface area is 180 Å². The first-order chi connectivity index (χ1) is 14.7. The number of anilines is 1. The molecule has 2 amide bonds. The maximum Gasteiger partial charge on any atom is 0.323 e. The van der Waals surface area contributed by atoms with Crippen molar-refractivity contribution in [3.63, 3.8) is 0 Å². The molecule has 154 valence electrons. The summed E-state index contributed by atoms with van der Waals surface area (Å²) in [5.41, 5.74) is 1.15. The third-order valence-corrected chi connectivity index (χ3v) is 5.14. The predicted octanol–water partition coefficient (Wildman–Crippen LogP) is 4.27. The van der Waals surface area contributed by atoms with Crippen molar-refractivity contribution in [2.24, 2.45) is 0 Å². The summed E-state index contributed by atoms with van der Waals surface area (Å²) >= 11 is 6.18. The molecule has 7 nitrogen and oxygen atoms in total. The summed E-state index contributed by atoms with van der Waals surface area (Å²) in [6, 6.07) is 15.3. The number of nitrogens with zero attached hydrogens (tertiary/aromatic N) is 4. The van der Waals surface area contributed by atoms with Crippen LogP contribution in [-0.4, -0.2) is 52.0 Å². The molecule has 0 saturated carbocycles. The minimum atomic E-state index is -0.148. The summed E-state index contributed by atoms with van der Waals surface area (Å²) in [5.74, 6) is 1.85. The SMILES string of the molecule is O=C(Nc1cnccn1)N1CCN(Cc2cccc(Oc3ccccc3Cl)c2)CC1. The van der Waals surface area contributed by atoms with Gasteiger partial charge in [-0.1, -0.05) is 35.9 Å². The summed E-state index contributed by atoms with van der Waals surface area (Å²) in [6.07, 6.45) is 4.66. The highest BCUT2D eigenvalue weighted by Gasteiger charge is 2.21. The van der Waals surface area contributed by atoms with Crippen LogP contribution in [0.5, 0.6) is 11.5 Å². The number of para-hydroxylation sites is 1. The van der Waals surface area contributed by atoms with Crippen molar-refractivity contribution in [1.29, 1.82) is 0 Å². The van der Waals surface area contributed by atoms with E-state index in [9.17, 15) is 4.79 Å². The van der Waals surface area contributed by atoms with Crippen molar-refractivity contribution in [2.45, 2.75) is 6.54 Å². The van der Waals surface area contributed by atoms with E-state index in [1.165, 1.54) is 6.20 Å². The lowest BCUT2D eigenvalue weighted by atomic mass is 10.2. The number of hydrogen-bond donors (Lipinski definition) is 1. The van der Waals surface area contributed by atoms with Crippen LogP contribution in [0.15, 0.2) is 67.1 Å². The van der Waals surface area contributed by atoms with Gasteiger partial charge in [0, 0.05) is 45.1 Å². The summed E-state index contributed by atoms with van der Waals surface area (Å²) < 4.78 is 5.92. The predicted molar refractivity (Wildman–Crippen MR) is 116 cm³/mol. The minimum Gasteiger partial charge on any atom is -0.456 e. The van der Waals surface area contributed by atoms with Gasteiger partial charge >= 0.3 is 6.03 Å². The van der Waals surface area contributed by atoms with Crippen LogP contribution in [0.2, 0.25) is 5.02 Å². The van der Waals surface area contributed by atoms with Gasteiger partial charge < -0.3 is 9.64 Å². The standard InChI is InChI=1S/C22H22ClN5O2/c23-19-6-1-2-7-20(19)30-18-5-3-4-17(14-18)16-27-10-12-28(13-11-27)22(29)26-21-15-24-8-9-25-21/h1-9,14-15H,10-13,16H2,(H,25,26,29). The average molecular weight is 424 g/mol. The van der Waals surface area contributed by atoms with E-state index < -0.39 is 0 Å². The summed E-state index contributed by atoms with van der Waals surface area (Å²) in [4.78, 5) is 24.5. The topological polar surface area (TPSA) is 70.6 Å². The normalized spacial score (nSPS) is 14.4. The number of rotatable bonds is 5. The molecule has 1 aromatic heterocycles. The second-order valence-corrected chi connectivity index (χ2v) is 7.37. The molecule has 0 bridgehead atoms. The van der Waals surface area contributed by atoms with E-state index in [-0.39, 0.29) is 6.03 Å². The number of nitrogens with one attached hydrogen (secondary N) is 1. The first kappa shape index (κ1) is 20.1.